The summed E-state index contributed by atoms with van der Waals surface area (Å²) in [4.78, 5) is 29.6. The zero-order valence-electron chi connectivity index (χ0n) is 15.4. The van der Waals surface area contributed by atoms with Crippen LogP contribution in [0.5, 0.6) is 0 Å². The Morgan fingerprint density at radius 2 is 1.96 bits per heavy atom. The number of nitro benzene ring substituents is 1. The smallest absolute Gasteiger partial charge is 0.294 e. The van der Waals surface area contributed by atoms with E-state index in [-0.39, 0.29) is 42.5 Å². The first kappa shape index (κ1) is 22.1. The van der Waals surface area contributed by atoms with Crippen molar-refractivity contribution in [2.24, 2.45) is 0 Å². The normalized spacial score (nSPS) is 22.7. The molecule has 0 saturated carbocycles. The lowest BCUT2D eigenvalue weighted by atomic mass is 9.98. The number of halogens is 2. The van der Waals surface area contributed by atoms with Crippen LogP contribution in [-0.2, 0) is 0 Å². The van der Waals surface area contributed by atoms with Crippen LogP contribution in [0.4, 0.5) is 5.69 Å². The summed E-state index contributed by atoms with van der Waals surface area (Å²) in [5.74, 6) is -0.170. The third kappa shape index (κ3) is 4.14. The van der Waals surface area contributed by atoms with Crippen LogP contribution in [0.1, 0.15) is 36.0 Å². The molecule has 2 unspecified atom stereocenters. The number of carbonyl (C=O) groups excluding carboxylic acids is 1. The van der Waals surface area contributed by atoms with Gasteiger partial charge in [0.05, 0.1) is 11.3 Å². The van der Waals surface area contributed by atoms with Gasteiger partial charge < -0.3 is 14.8 Å². The fourth-order valence-electron chi connectivity index (χ4n) is 4.14. The van der Waals surface area contributed by atoms with E-state index in [1.54, 1.807) is 41.0 Å². The molecule has 2 fully saturated rings. The molecule has 0 aliphatic carbocycles. The zero-order valence-corrected chi connectivity index (χ0v) is 17.0. The SMILES string of the molecule is CN(C(=O)c1ccc(-n2ccnc2)c([N+](=O)[O-])c1)C1CC2CCC(C1)N2.Cl.Cl. The maximum Gasteiger partial charge on any atom is 0.294 e. The minimum absolute atomic E-state index is 0. The Hall–Kier alpha value is -2.16. The van der Waals surface area contributed by atoms with Crippen molar-refractivity contribution < 1.29 is 9.72 Å². The van der Waals surface area contributed by atoms with Gasteiger partial charge in [0.2, 0.25) is 0 Å². The number of imidazole rings is 1. The van der Waals surface area contributed by atoms with E-state index < -0.39 is 4.92 Å². The molecule has 1 aromatic carbocycles. The van der Waals surface area contributed by atoms with Crippen molar-refractivity contribution in [3.05, 3.63) is 52.6 Å². The quantitative estimate of drug-likeness (QED) is 0.597. The number of rotatable bonds is 4. The molecule has 10 heteroatoms. The predicted octanol–water partition coefficient (Wildman–Crippen LogP) is 2.98. The van der Waals surface area contributed by atoms with Crippen LogP contribution in [0, 0.1) is 10.1 Å². The number of nitrogens with one attached hydrogen (secondary N) is 1. The predicted molar refractivity (Wildman–Crippen MR) is 110 cm³/mol. The van der Waals surface area contributed by atoms with Crippen LogP contribution in [0.15, 0.2) is 36.9 Å². The van der Waals surface area contributed by atoms with Crippen molar-refractivity contribution in [3.8, 4) is 5.69 Å². The second-order valence-corrected chi connectivity index (χ2v) is 7.11. The lowest BCUT2D eigenvalue weighted by molar-refractivity contribution is -0.384. The van der Waals surface area contributed by atoms with Gasteiger partial charge in [0.1, 0.15) is 5.69 Å². The van der Waals surface area contributed by atoms with E-state index in [0.717, 1.165) is 25.7 Å². The van der Waals surface area contributed by atoms with E-state index in [2.05, 4.69) is 10.3 Å². The molecule has 0 radical (unpaired) electrons. The van der Waals surface area contributed by atoms with Crippen LogP contribution in [0.25, 0.3) is 5.69 Å². The average Bonchev–Trinajstić information content (AvgIpc) is 3.29. The first-order valence-electron chi connectivity index (χ1n) is 8.83. The molecular weight excluding hydrogens is 405 g/mol. The highest BCUT2D eigenvalue weighted by atomic mass is 35.5. The molecule has 3 heterocycles. The van der Waals surface area contributed by atoms with Crippen LogP contribution >= 0.6 is 24.8 Å². The summed E-state index contributed by atoms with van der Waals surface area (Å²) in [5, 5.41) is 15.1. The summed E-state index contributed by atoms with van der Waals surface area (Å²) < 4.78 is 1.57. The lowest BCUT2D eigenvalue weighted by Crippen LogP contribution is -2.48. The number of hydrogen-bond donors (Lipinski definition) is 1. The summed E-state index contributed by atoms with van der Waals surface area (Å²) in [5.41, 5.74) is 0.633. The standard InChI is InChI=1S/C18H21N5O3.2ClH/c1-21(15-9-13-3-4-14(10-15)20-13)18(24)12-2-5-16(17(8-12)23(25)26)22-7-6-19-11-22;;/h2,5-8,11,13-15,20H,3-4,9-10H2,1H3;2*1H. The van der Waals surface area contributed by atoms with Gasteiger partial charge in [-0.05, 0) is 37.8 Å². The first-order chi connectivity index (χ1) is 12.5. The highest BCUT2D eigenvalue weighted by molar-refractivity contribution is 5.95. The first-order valence-corrected chi connectivity index (χ1v) is 8.83. The third-order valence-corrected chi connectivity index (χ3v) is 5.52. The molecule has 1 N–H and O–H groups in total. The highest BCUT2D eigenvalue weighted by Crippen LogP contribution is 2.31. The number of benzene rings is 1. The average molecular weight is 428 g/mol. The second kappa shape index (κ2) is 8.89. The van der Waals surface area contributed by atoms with Crippen molar-refractivity contribution in [1.82, 2.24) is 19.8 Å². The minimum atomic E-state index is -0.461. The van der Waals surface area contributed by atoms with Gasteiger partial charge >= 0.3 is 0 Å². The largest absolute Gasteiger partial charge is 0.339 e. The lowest BCUT2D eigenvalue weighted by Gasteiger charge is -2.35. The van der Waals surface area contributed by atoms with Crippen LogP contribution in [0.3, 0.4) is 0 Å². The maximum atomic E-state index is 12.9. The fourth-order valence-corrected chi connectivity index (χ4v) is 4.14. The van der Waals surface area contributed by atoms with E-state index in [9.17, 15) is 14.9 Å². The number of amides is 1. The van der Waals surface area contributed by atoms with Gasteiger partial charge in [0.15, 0.2) is 0 Å². The number of hydrogen-bond acceptors (Lipinski definition) is 5. The van der Waals surface area contributed by atoms with E-state index in [4.69, 9.17) is 0 Å². The van der Waals surface area contributed by atoms with E-state index in [1.165, 1.54) is 12.4 Å². The number of aromatic nitrogens is 2. The molecule has 8 nitrogen and oxygen atoms in total. The molecule has 1 amide bonds. The summed E-state index contributed by atoms with van der Waals surface area (Å²) in [6, 6.07) is 5.75. The molecule has 2 atom stereocenters. The van der Waals surface area contributed by atoms with Gasteiger partial charge in [-0.3, -0.25) is 14.9 Å². The van der Waals surface area contributed by atoms with E-state index >= 15 is 0 Å². The van der Waals surface area contributed by atoms with Gasteiger partial charge in [0, 0.05) is 49.2 Å². The molecule has 2 aliphatic heterocycles. The van der Waals surface area contributed by atoms with Gasteiger partial charge in [0.25, 0.3) is 11.6 Å². The van der Waals surface area contributed by atoms with Crippen molar-refractivity contribution in [2.75, 3.05) is 7.05 Å². The number of piperidine rings is 1. The van der Waals surface area contributed by atoms with Gasteiger partial charge in [-0.25, -0.2) is 4.98 Å². The third-order valence-electron chi connectivity index (χ3n) is 5.52. The van der Waals surface area contributed by atoms with Crippen LogP contribution < -0.4 is 5.32 Å². The van der Waals surface area contributed by atoms with Gasteiger partial charge in [-0.2, -0.15) is 0 Å². The second-order valence-electron chi connectivity index (χ2n) is 7.11. The van der Waals surface area contributed by atoms with E-state index in [1.807, 2.05) is 0 Å². The Morgan fingerprint density at radius 1 is 1.29 bits per heavy atom. The Kier molecular flexibility index (Phi) is 7.03. The van der Waals surface area contributed by atoms with Gasteiger partial charge in [-0.1, -0.05) is 0 Å². The molecule has 2 bridgehead atoms. The molecule has 1 aromatic heterocycles. The topological polar surface area (TPSA) is 93.3 Å². The Labute approximate surface area is 175 Å². The molecule has 2 aliphatic rings. The van der Waals surface area contributed by atoms with Crippen molar-refractivity contribution in [1.29, 1.82) is 0 Å². The highest BCUT2D eigenvalue weighted by Gasteiger charge is 2.36. The van der Waals surface area contributed by atoms with E-state index in [0.29, 0.717) is 23.3 Å². The molecular formula is C18H23Cl2N5O3. The Balaban J connectivity index is 0.00000140. The van der Waals surface area contributed by atoms with Crippen LogP contribution in [0.2, 0.25) is 0 Å². The summed E-state index contributed by atoms with van der Waals surface area (Å²) >= 11 is 0. The molecule has 4 rings (SSSR count). The summed E-state index contributed by atoms with van der Waals surface area (Å²) in [6.45, 7) is 0. The summed E-state index contributed by atoms with van der Waals surface area (Å²) in [7, 11) is 1.80. The molecule has 2 aromatic rings. The summed E-state index contributed by atoms with van der Waals surface area (Å²) in [6.07, 6.45) is 8.90. The van der Waals surface area contributed by atoms with Crippen molar-refractivity contribution in [3.63, 3.8) is 0 Å². The van der Waals surface area contributed by atoms with Crippen molar-refractivity contribution >= 4 is 36.4 Å². The number of fused-ring (bicyclic) bond motifs is 2. The Morgan fingerprint density at radius 3 is 2.54 bits per heavy atom. The zero-order chi connectivity index (χ0) is 18.3. The van der Waals surface area contributed by atoms with Crippen molar-refractivity contribution in [2.45, 2.75) is 43.8 Å². The number of nitrogens with zero attached hydrogens (tertiary/aromatic N) is 4. The maximum absolute atomic E-state index is 12.9. The fraction of sp³-hybridized carbons (Fsp3) is 0.444. The Bertz CT molecular complexity index is 834. The van der Waals surface area contributed by atoms with Gasteiger partial charge in [-0.15, -0.1) is 24.8 Å². The minimum Gasteiger partial charge on any atom is -0.339 e. The monoisotopic (exact) mass is 427 g/mol. The number of carbonyl (C=O) groups is 1. The van der Waals surface area contributed by atoms with Crippen LogP contribution in [-0.4, -0.2) is 50.5 Å². The number of nitro groups is 1. The molecule has 2 saturated heterocycles. The molecule has 28 heavy (non-hydrogen) atoms. The molecule has 0 spiro atoms. The molecule has 152 valence electrons.